The number of carbonyl (C=O) groups excluding carboxylic acids is 1. The minimum absolute atomic E-state index is 0.0395. The quantitative estimate of drug-likeness (QED) is 0.399. The first kappa shape index (κ1) is 22.3. The van der Waals surface area contributed by atoms with E-state index in [2.05, 4.69) is 56.0 Å². The average molecular weight is 443 g/mol. The minimum Gasteiger partial charge on any atom is -0.357 e. The van der Waals surface area contributed by atoms with Gasteiger partial charge in [-0.3, -0.25) is 4.79 Å². The fraction of sp³-hybridized carbons (Fsp3) is 0.269. The third-order valence-corrected chi connectivity index (χ3v) is 5.68. The van der Waals surface area contributed by atoms with Crippen molar-refractivity contribution in [2.45, 2.75) is 27.2 Å². The lowest BCUT2D eigenvalue weighted by Gasteiger charge is -2.20. The second-order valence-corrected chi connectivity index (χ2v) is 8.04. The SMILES string of the molecule is CCN(CC)c1cc(Nc2ccc(NC(=O)Cc3cn(C)c4ccccc34)cc2)nc(C)n1. The summed E-state index contributed by atoms with van der Waals surface area (Å²) in [6, 6.07) is 17.7. The van der Waals surface area contributed by atoms with Gasteiger partial charge in [0.1, 0.15) is 17.5 Å². The number of amides is 1. The molecule has 0 radical (unpaired) electrons. The van der Waals surface area contributed by atoms with E-state index in [0.717, 1.165) is 58.4 Å². The van der Waals surface area contributed by atoms with Crippen LogP contribution in [0.5, 0.6) is 0 Å². The number of hydrogen-bond donors (Lipinski definition) is 2. The summed E-state index contributed by atoms with van der Waals surface area (Å²) in [5.74, 6) is 2.34. The van der Waals surface area contributed by atoms with E-state index in [4.69, 9.17) is 0 Å². The molecule has 1 amide bonds. The van der Waals surface area contributed by atoms with Crippen molar-refractivity contribution in [3.63, 3.8) is 0 Å². The Hall–Kier alpha value is -3.87. The molecule has 0 aliphatic carbocycles. The largest absolute Gasteiger partial charge is 0.357 e. The summed E-state index contributed by atoms with van der Waals surface area (Å²) in [7, 11) is 2.00. The Morgan fingerprint density at radius 2 is 1.70 bits per heavy atom. The van der Waals surface area contributed by atoms with Gasteiger partial charge in [-0.2, -0.15) is 0 Å². The highest BCUT2D eigenvalue weighted by Gasteiger charge is 2.11. The van der Waals surface area contributed by atoms with Gasteiger partial charge in [-0.05, 0) is 56.7 Å². The van der Waals surface area contributed by atoms with Crippen LogP contribution in [0.25, 0.3) is 10.9 Å². The number of benzene rings is 2. The highest BCUT2D eigenvalue weighted by atomic mass is 16.1. The number of rotatable bonds is 8. The molecule has 0 aliphatic rings. The third kappa shape index (κ3) is 5.14. The van der Waals surface area contributed by atoms with Crippen LogP contribution in [0.2, 0.25) is 0 Å². The highest BCUT2D eigenvalue weighted by Crippen LogP contribution is 2.23. The molecule has 0 aliphatic heterocycles. The summed E-state index contributed by atoms with van der Waals surface area (Å²) < 4.78 is 2.05. The number of hydrogen-bond acceptors (Lipinski definition) is 5. The zero-order valence-electron chi connectivity index (χ0n) is 19.6. The lowest BCUT2D eigenvalue weighted by molar-refractivity contribution is -0.115. The summed E-state index contributed by atoms with van der Waals surface area (Å²) in [4.78, 5) is 23.9. The fourth-order valence-electron chi connectivity index (χ4n) is 4.05. The number of anilines is 4. The smallest absolute Gasteiger partial charge is 0.228 e. The van der Waals surface area contributed by atoms with E-state index in [1.165, 1.54) is 0 Å². The topological polar surface area (TPSA) is 75.1 Å². The van der Waals surface area contributed by atoms with Gasteiger partial charge in [-0.25, -0.2) is 9.97 Å². The first-order chi connectivity index (χ1) is 16.0. The molecule has 0 fully saturated rings. The van der Waals surface area contributed by atoms with E-state index in [0.29, 0.717) is 6.42 Å². The Morgan fingerprint density at radius 1 is 1.00 bits per heavy atom. The molecule has 0 atom stereocenters. The molecular formula is C26H30N6O. The van der Waals surface area contributed by atoms with Gasteiger partial charge in [0.05, 0.1) is 6.42 Å². The van der Waals surface area contributed by atoms with Crippen LogP contribution in [0.3, 0.4) is 0 Å². The van der Waals surface area contributed by atoms with Crippen LogP contribution in [0.4, 0.5) is 23.0 Å². The van der Waals surface area contributed by atoms with Crippen LogP contribution in [0.15, 0.2) is 60.8 Å². The van der Waals surface area contributed by atoms with Crippen LogP contribution in [-0.4, -0.2) is 33.5 Å². The van der Waals surface area contributed by atoms with Crippen LogP contribution in [-0.2, 0) is 18.3 Å². The monoisotopic (exact) mass is 442 g/mol. The predicted molar refractivity (Wildman–Crippen MR) is 135 cm³/mol. The standard InChI is InChI=1S/C26H30N6O/c1-5-32(6-2)25-16-24(27-18(3)28-25)29-20-11-13-21(14-12-20)30-26(33)15-19-17-31(4)23-10-8-7-9-22(19)23/h7-14,16-17H,5-6,15H2,1-4H3,(H,30,33)(H,27,28,29). The van der Waals surface area contributed by atoms with Crippen molar-refractivity contribution in [2.75, 3.05) is 28.6 Å². The van der Waals surface area contributed by atoms with Crippen molar-refractivity contribution in [1.29, 1.82) is 0 Å². The molecular weight excluding hydrogens is 412 g/mol. The second kappa shape index (κ2) is 9.73. The minimum atomic E-state index is -0.0395. The number of para-hydroxylation sites is 1. The summed E-state index contributed by atoms with van der Waals surface area (Å²) in [6.45, 7) is 7.90. The maximum Gasteiger partial charge on any atom is 0.228 e. The maximum atomic E-state index is 12.6. The van der Waals surface area contributed by atoms with Gasteiger partial charge >= 0.3 is 0 Å². The molecule has 0 spiro atoms. The van der Waals surface area contributed by atoms with Crippen LogP contribution in [0, 0.1) is 6.92 Å². The molecule has 0 saturated carbocycles. The van der Waals surface area contributed by atoms with Crippen molar-refractivity contribution in [1.82, 2.24) is 14.5 Å². The second-order valence-electron chi connectivity index (χ2n) is 8.04. The molecule has 2 aromatic heterocycles. The van der Waals surface area contributed by atoms with E-state index in [1.807, 2.05) is 62.6 Å². The normalized spacial score (nSPS) is 10.9. The molecule has 2 N–H and O–H groups in total. The molecule has 0 saturated heterocycles. The van der Waals surface area contributed by atoms with Crippen molar-refractivity contribution < 1.29 is 4.79 Å². The maximum absolute atomic E-state index is 12.6. The number of fused-ring (bicyclic) bond motifs is 1. The van der Waals surface area contributed by atoms with Crippen LogP contribution >= 0.6 is 0 Å². The number of aromatic nitrogens is 3. The van der Waals surface area contributed by atoms with Crippen molar-refractivity contribution in [2.24, 2.45) is 7.05 Å². The van der Waals surface area contributed by atoms with Crippen LogP contribution in [0.1, 0.15) is 25.2 Å². The van der Waals surface area contributed by atoms with Crippen molar-refractivity contribution >= 4 is 39.8 Å². The molecule has 7 nitrogen and oxygen atoms in total. The van der Waals surface area contributed by atoms with E-state index < -0.39 is 0 Å². The molecule has 2 aromatic carbocycles. The predicted octanol–water partition coefficient (Wildman–Crippen LogP) is 5.05. The Labute approximate surface area is 194 Å². The van der Waals surface area contributed by atoms with Crippen molar-refractivity contribution in [3.05, 3.63) is 72.2 Å². The van der Waals surface area contributed by atoms with Gasteiger partial charge in [0.25, 0.3) is 0 Å². The zero-order valence-corrected chi connectivity index (χ0v) is 19.6. The van der Waals surface area contributed by atoms with E-state index in [1.54, 1.807) is 0 Å². The zero-order chi connectivity index (χ0) is 23.4. The summed E-state index contributed by atoms with van der Waals surface area (Å²) in [5.41, 5.74) is 3.80. The summed E-state index contributed by atoms with van der Waals surface area (Å²) >= 11 is 0. The fourth-order valence-corrected chi connectivity index (χ4v) is 4.05. The van der Waals surface area contributed by atoms with Crippen LogP contribution < -0.4 is 15.5 Å². The molecule has 4 rings (SSSR count). The Morgan fingerprint density at radius 3 is 2.42 bits per heavy atom. The molecule has 170 valence electrons. The van der Waals surface area contributed by atoms with E-state index >= 15 is 0 Å². The number of carbonyl (C=O) groups is 1. The number of nitrogens with zero attached hydrogens (tertiary/aromatic N) is 4. The first-order valence-electron chi connectivity index (χ1n) is 11.3. The third-order valence-electron chi connectivity index (χ3n) is 5.68. The number of aryl methyl sites for hydroxylation is 2. The Kier molecular flexibility index (Phi) is 6.58. The first-order valence-corrected chi connectivity index (χ1v) is 11.3. The van der Waals surface area contributed by atoms with Gasteiger partial charge in [-0.1, -0.05) is 18.2 Å². The Balaban J connectivity index is 1.42. The lowest BCUT2D eigenvalue weighted by atomic mass is 10.1. The van der Waals surface area contributed by atoms with Gasteiger partial charge < -0.3 is 20.1 Å². The van der Waals surface area contributed by atoms with E-state index in [-0.39, 0.29) is 5.91 Å². The molecule has 0 unspecified atom stereocenters. The molecule has 33 heavy (non-hydrogen) atoms. The van der Waals surface area contributed by atoms with E-state index in [9.17, 15) is 4.79 Å². The summed E-state index contributed by atoms with van der Waals surface area (Å²) in [5, 5.41) is 7.44. The van der Waals surface area contributed by atoms with Crippen molar-refractivity contribution in [3.8, 4) is 0 Å². The van der Waals surface area contributed by atoms with Gasteiger partial charge in [-0.15, -0.1) is 0 Å². The molecule has 0 bridgehead atoms. The molecule has 4 aromatic rings. The Bertz CT molecular complexity index is 1260. The lowest BCUT2D eigenvalue weighted by Crippen LogP contribution is -2.23. The van der Waals surface area contributed by atoms with Gasteiger partial charge in [0.15, 0.2) is 0 Å². The average Bonchev–Trinajstić information content (AvgIpc) is 3.11. The van der Waals surface area contributed by atoms with Gasteiger partial charge in [0.2, 0.25) is 5.91 Å². The summed E-state index contributed by atoms with van der Waals surface area (Å²) in [6.07, 6.45) is 2.35. The highest BCUT2D eigenvalue weighted by molar-refractivity contribution is 5.96. The molecule has 7 heteroatoms. The molecule has 2 heterocycles. The van der Waals surface area contributed by atoms with Gasteiger partial charge in [0, 0.05) is 54.7 Å². The number of nitrogens with one attached hydrogen (secondary N) is 2.